The summed E-state index contributed by atoms with van der Waals surface area (Å²) in [5.41, 5.74) is 1.12. The molecule has 0 radical (unpaired) electrons. The number of amides is 1. The van der Waals surface area contributed by atoms with Gasteiger partial charge in [0.1, 0.15) is 11.5 Å². The lowest BCUT2D eigenvalue weighted by Crippen LogP contribution is -2.23. The second-order valence-electron chi connectivity index (χ2n) is 9.71. The van der Waals surface area contributed by atoms with Gasteiger partial charge in [-0.15, -0.1) is 0 Å². The van der Waals surface area contributed by atoms with Crippen LogP contribution in [0.5, 0.6) is 11.5 Å². The highest BCUT2D eigenvalue weighted by Crippen LogP contribution is 2.27. The maximum absolute atomic E-state index is 12.3. The van der Waals surface area contributed by atoms with Crippen LogP contribution in [0.15, 0.2) is 48.5 Å². The Balaban J connectivity index is 1.69. The van der Waals surface area contributed by atoms with Crippen molar-refractivity contribution in [1.82, 2.24) is 0 Å². The van der Waals surface area contributed by atoms with Crippen molar-refractivity contribution in [1.29, 1.82) is 0 Å². The van der Waals surface area contributed by atoms with Gasteiger partial charge in [0, 0.05) is 12.6 Å². The molecule has 0 spiro atoms. The summed E-state index contributed by atoms with van der Waals surface area (Å²) < 4.78 is 16.5. The number of unbranched alkanes of at least 4 members (excludes halogenated alkanes) is 1. The van der Waals surface area contributed by atoms with E-state index < -0.39 is 5.97 Å². The van der Waals surface area contributed by atoms with Crippen LogP contribution in [0.4, 0.5) is 5.69 Å². The van der Waals surface area contributed by atoms with Gasteiger partial charge in [-0.1, -0.05) is 27.7 Å². The zero-order valence-corrected chi connectivity index (χ0v) is 21.4. The topological polar surface area (TPSA) is 90.9 Å². The molecule has 2 aromatic carbocycles. The lowest BCUT2D eigenvalue weighted by atomic mass is 9.83. The van der Waals surface area contributed by atoms with Crippen LogP contribution in [0.1, 0.15) is 70.7 Å². The molecule has 2 aromatic rings. The van der Waals surface area contributed by atoms with Crippen molar-refractivity contribution >= 4 is 23.5 Å². The number of benzene rings is 2. The zero-order chi connectivity index (χ0) is 25.8. The number of hydrogen-bond acceptors (Lipinski definition) is 6. The van der Waals surface area contributed by atoms with Crippen LogP contribution in [-0.4, -0.2) is 31.1 Å². The average molecular weight is 484 g/mol. The second kappa shape index (κ2) is 13.5. The van der Waals surface area contributed by atoms with Crippen molar-refractivity contribution in [3.63, 3.8) is 0 Å². The van der Waals surface area contributed by atoms with Crippen LogP contribution in [0, 0.1) is 11.3 Å². The molecule has 1 N–H and O–H groups in total. The van der Waals surface area contributed by atoms with Crippen molar-refractivity contribution in [2.24, 2.45) is 11.3 Å². The standard InChI is InChI=1S/C28H37NO6/c1-6-21(19-28(3,4)5)26(31)34-18-8-7-17-33-24-13-9-22(10-14-24)27(32)35-25-15-11-23(12-16-25)29-20(2)30/h9-16,21H,6-8,17-19H2,1-5H3,(H,29,30). The Morgan fingerprint density at radius 3 is 2.06 bits per heavy atom. The molecular weight excluding hydrogens is 446 g/mol. The molecule has 0 fully saturated rings. The first-order valence-corrected chi connectivity index (χ1v) is 12.1. The van der Waals surface area contributed by atoms with E-state index in [1.165, 1.54) is 6.92 Å². The number of anilines is 1. The highest BCUT2D eigenvalue weighted by molar-refractivity contribution is 5.91. The largest absolute Gasteiger partial charge is 0.494 e. The Bertz CT molecular complexity index is 960. The summed E-state index contributed by atoms with van der Waals surface area (Å²) >= 11 is 0. The first kappa shape index (κ1) is 27.9. The van der Waals surface area contributed by atoms with Gasteiger partial charge < -0.3 is 19.5 Å². The minimum Gasteiger partial charge on any atom is -0.494 e. The van der Waals surface area contributed by atoms with Crippen LogP contribution in [0.2, 0.25) is 0 Å². The maximum atomic E-state index is 12.3. The molecule has 0 bridgehead atoms. The van der Waals surface area contributed by atoms with E-state index in [0.29, 0.717) is 36.0 Å². The lowest BCUT2D eigenvalue weighted by molar-refractivity contribution is -0.150. The Labute approximate surface area is 208 Å². The molecule has 35 heavy (non-hydrogen) atoms. The SMILES string of the molecule is CCC(CC(C)(C)C)C(=O)OCCCCOc1ccc(C(=O)Oc2ccc(NC(C)=O)cc2)cc1. The Morgan fingerprint density at radius 1 is 0.886 bits per heavy atom. The quantitative estimate of drug-likeness (QED) is 0.225. The van der Waals surface area contributed by atoms with E-state index >= 15 is 0 Å². The molecule has 0 saturated heterocycles. The van der Waals surface area contributed by atoms with Crippen LogP contribution in [0.3, 0.4) is 0 Å². The van der Waals surface area contributed by atoms with E-state index in [0.717, 1.165) is 25.7 Å². The van der Waals surface area contributed by atoms with Gasteiger partial charge in [-0.25, -0.2) is 4.79 Å². The molecule has 0 aliphatic rings. The first-order chi connectivity index (χ1) is 16.6. The molecule has 2 rings (SSSR count). The summed E-state index contributed by atoms with van der Waals surface area (Å²) in [5, 5.41) is 2.65. The molecule has 7 nitrogen and oxygen atoms in total. The molecule has 0 aromatic heterocycles. The Morgan fingerprint density at radius 2 is 1.49 bits per heavy atom. The van der Waals surface area contributed by atoms with Crippen LogP contribution in [0.25, 0.3) is 0 Å². The molecule has 1 amide bonds. The Hall–Kier alpha value is -3.35. The van der Waals surface area contributed by atoms with Crippen molar-refractivity contribution in [2.45, 2.75) is 60.3 Å². The van der Waals surface area contributed by atoms with Crippen molar-refractivity contribution in [3.8, 4) is 11.5 Å². The van der Waals surface area contributed by atoms with Gasteiger partial charge in [-0.05, 0) is 79.6 Å². The van der Waals surface area contributed by atoms with Crippen molar-refractivity contribution in [3.05, 3.63) is 54.1 Å². The summed E-state index contributed by atoms with van der Waals surface area (Å²) in [6, 6.07) is 13.3. The smallest absolute Gasteiger partial charge is 0.343 e. The fourth-order valence-electron chi connectivity index (χ4n) is 3.48. The van der Waals surface area contributed by atoms with E-state index in [9.17, 15) is 14.4 Å². The van der Waals surface area contributed by atoms with Gasteiger partial charge >= 0.3 is 11.9 Å². The van der Waals surface area contributed by atoms with Gasteiger partial charge in [0.05, 0.1) is 24.7 Å². The molecule has 1 unspecified atom stereocenters. The van der Waals surface area contributed by atoms with E-state index in [-0.39, 0.29) is 23.2 Å². The molecule has 0 aliphatic heterocycles. The summed E-state index contributed by atoms with van der Waals surface area (Å²) in [7, 11) is 0. The monoisotopic (exact) mass is 483 g/mol. The fraction of sp³-hybridized carbons (Fsp3) is 0.464. The normalized spacial score (nSPS) is 11.9. The van der Waals surface area contributed by atoms with Crippen molar-refractivity contribution < 1.29 is 28.6 Å². The molecule has 1 atom stereocenters. The highest BCUT2D eigenvalue weighted by Gasteiger charge is 2.24. The van der Waals surface area contributed by atoms with Crippen LogP contribution < -0.4 is 14.8 Å². The molecule has 0 aliphatic carbocycles. The van der Waals surface area contributed by atoms with Gasteiger partial charge in [0.15, 0.2) is 0 Å². The van der Waals surface area contributed by atoms with E-state index in [2.05, 4.69) is 26.1 Å². The number of esters is 2. The number of carbonyl (C=O) groups excluding carboxylic acids is 3. The molecule has 190 valence electrons. The maximum Gasteiger partial charge on any atom is 0.343 e. The summed E-state index contributed by atoms with van der Waals surface area (Å²) in [5.74, 6) is 0.206. The highest BCUT2D eigenvalue weighted by atomic mass is 16.5. The number of carbonyl (C=O) groups is 3. The van der Waals surface area contributed by atoms with E-state index in [4.69, 9.17) is 14.2 Å². The zero-order valence-electron chi connectivity index (χ0n) is 21.4. The number of ether oxygens (including phenoxy) is 3. The third-order valence-corrected chi connectivity index (χ3v) is 5.21. The average Bonchev–Trinajstić information content (AvgIpc) is 2.80. The van der Waals surface area contributed by atoms with Crippen LogP contribution >= 0.6 is 0 Å². The predicted molar refractivity (Wildman–Crippen MR) is 136 cm³/mol. The molecule has 7 heteroatoms. The lowest BCUT2D eigenvalue weighted by Gasteiger charge is -2.23. The molecule has 0 heterocycles. The minimum atomic E-state index is -0.484. The van der Waals surface area contributed by atoms with E-state index in [1.807, 2.05) is 6.92 Å². The molecular formula is C28H37NO6. The third kappa shape index (κ3) is 10.6. The van der Waals surface area contributed by atoms with Gasteiger partial charge in [-0.2, -0.15) is 0 Å². The first-order valence-electron chi connectivity index (χ1n) is 12.1. The van der Waals surface area contributed by atoms with Gasteiger partial charge in [0.2, 0.25) is 5.91 Å². The summed E-state index contributed by atoms with van der Waals surface area (Å²) in [6.07, 6.45) is 3.08. The number of nitrogens with one attached hydrogen (secondary N) is 1. The van der Waals surface area contributed by atoms with Crippen molar-refractivity contribution in [2.75, 3.05) is 18.5 Å². The Kier molecular flexibility index (Phi) is 10.8. The second-order valence-corrected chi connectivity index (χ2v) is 9.71. The van der Waals surface area contributed by atoms with Gasteiger partial charge in [-0.3, -0.25) is 9.59 Å². The minimum absolute atomic E-state index is 0.0560. The van der Waals surface area contributed by atoms with Gasteiger partial charge in [0.25, 0.3) is 0 Å². The summed E-state index contributed by atoms with van der Waals surface area (Å²) in [4.78, 5) is 35.7. The number of rotatable bonds is 12. The van der Waals surface area contributed by atoms with Crippen LogP contribution in [-0.2, 0) is 14.3 Å². The summed E-state index contributed by atoms with van der Waals surface area (Å²) in [6.45, 7) is 10.7. The fourth-order valence-corrected chi connectivity index (χ4v) is 3.48. The number of hydrogen-bond donors (Lipinski definition) is 1. The van der Waals surface area contributed by atoms with E-state index in [1.54, 1.807) is 48.5 Å². The third-order valence-electron chi connectivity index (χ3n) is 5.21. The predicted octanol–water partition coefficient (Wildman–Crippen LogP) is 6.03. The molecule has 0 saturated carbocycles.